The molecule has 3 nitrogen and oxygen atoms in total. The molecule has 4 fully saturated rings. The summed E-state index contributed by atoms with van der Waals surface area (Å²) < 4.78 is 2.55. The van der Waals surface area contributed by atoms with Crippen molar-refractivity contribution in [3.05, 3.63) is 47.5 Å². The maximum atomic E-state index is 4.87. The standard InChI is InChI=1S/C23H29N3/c1-3-7-19(8-4-1)22-12-17-11-18(13-22)15-23(14-17,16-22)21-25-24-20-9-5-2-6-10-26(20)21/h1,3-4,7-8,17-18H,2,5-6,9-16H2. The Labute approximate surface area is 156 Å². The molecule has 0 amide bonds. The van der Waals surface area contributed by atoms with E-state index < -0.39 is 0 Å². The lowest BCUT2D eigenvalue weighted by molar-refractivity contribution is -0.0335. The van der Waals surface area contributed by atoms with Crippen LogP contribution in [0.15, 0.2) is 30.3 Å². The van der Waals surface area contributed by atoms with E-state index in [9.17, 15) is 0 Å². The minimum absolute atomic E-state index is 0.287. The molecule has 5 aliphatic rings. The van der Waals surface area contributed by atoms with Gasteiger partial charge in [-0.05, 0) is 74.2 Å². The van der Waals surface area contributed by atoms with Crippen molar-refractivity contribution in [3.8, 4) is 0 Å². The second-order valence-electron chi connectivity index (χ2n) is 9.79. The number of hydrogen-bond donors (Lipinski definition) is 0. The quantitative estimate of drug-likeness (QED) is 0.782. The van der Waals surface area contributed by atoms with Crippen molar-refractivity contribution >= 4 is 0 Å². The summed E-state index contributed by atoms with van der Waals surface area (Å²) in [7, 11) is 0. The van der Waals surface area contributed by atoms with Gasteiger partial charge in [0.1, 0.15) is 11.6 Å². The average molecular weight is 348 g/mol. The Kier molecular flexibility index (Phi) is 3.22. The monoisotopic (exact) mass is 347 g/mol. The van der Waals surface area contributed by atoms with Crippen LogP contribution in [0.2, 0.25) is 0 Å². The molecule has 0 radical (unpaired) electrons. The molecule has 26 heavy (non-hydrogen) atoms. The third kappa shape index (κ3) is 2.12. The highest BCUT2D eigenvalue weighted by Gasteiger charge is 2.60. The van der Waals surface area contributed by atoms with Gasteiger partial charge >= 0.3 is 0 Å². The molecule has 4 saturated carbocycles. The highest BCUT2D eigenvalue weighted by molar-refractivity contribution is 5.34. The van der Waals surface area contributed by atoms with Gasteiger partial charge in [0.05, 0.1) is 0 Å². The van der Waals surface area contributed by atoms with Gasteiger partial charge in [-0.25, -0.2) is 0 Å². The summed E-state index contributed by atoms with van der Waals surface area (Å²) in [6, 6.07) is 11.4. The van der Waals surface area contributed by atoms with Crippen LogP contribution in [0.3, 0.4) is 0 Å². The van der Waals surface area contributed by atoms with Gasteiger partial charge in [0.2, 0.25) is 0 Å². The summed E-state index contributed by atoms with van der Waals surface area (Å²) in [6.07, 6.45) is 13.3. The first-order chi connectivity index (χ1) is 12.8. The first-order valence-electron chi connectivity index (χ1n) is 10.7. The van der Waals surface area contributed by atoms with Gasteiger partial charge in [-0.3, -0.25) is 0 Å². The van der Waals surface area contributed by atoms with Crippen molar-refractivity contribution < 1.29 is 0 Å². The summed E-state index contributed by atoms with van der Waals surface area (Å²) in [5.41, 5.74) is 2.27. The van der Waals surface area contributed by atoms with Gasteiger partial charge in [-0.2, -0.15) is 0 Å². The van der Waals surface area contributed by atoms with Crippen LogP contribution in [-0.4, -0.2) is 14.8 Å². The fourth-order valence-corrected chi connectivity index (χ4v) is 7.53. The van der Waals surface area contributed by atoms with Crippen molar-refractivity contribution in [1.82, 2.24) is 14.8 Å². The zero-order chi connectivity index (χ0) is 17.2. The van der Waals surface area contributed by atoms with Gasteiger partial charge in [-0.15, -0.1) is 10.2 Å². The molecule has 0 spiro atoms. The van der Waals surface area contributed by atoms with Gasteiger partial charge in [0.15, 0.2) is 0 Å². The van der Waals surface area contributed by atoms with Crippen LogP contribution in [0.4, 0.5) is 0 Å². The Morgan fingerprint density at radius 3 is 2.42 bits per heavy atom. The summed E-state index contributed by atoms with van der Waals surface area (Å²) in [6.45, 7) is 1.15. The van der Waals surface area contributed by atoms with Crippen molar-refractivity contribution in [1.29, 1.82) is 0 Å². The Morgan fingerprint density at radius 1 is 0.846 bits per heavy atom. The van der Waals surface area contributed by atoms with E-state index in [2.05, 4.69) is 40.0 Å². The Balaban J connectivity index is 1.46. The Morgan fingerprint density at radius 2 is 1.62 bits per heavy atom. The zero-order valence-electron chi connectivity index (χ0n) is 15.7. The summed E-state index contributed by atoms with van der Waals surface area (Å²) in [5, 5.41) is 9.55. The molecule has 2 aromatic rings. The fraction of sp³-hybridized carbons (Fsp3) is 0.652. The topological polar surface area (TPSA) is 30.7 Å². The molecule has 2 unspecified atom stereocenters. The van der Waals surface area contributed by atoms with Crippen LogP contribution in [0.5, 0.6) is 0 Å². The SMILES string of the molecule is c1ccc(C23CC4CC(C2)CC(c2nnc5n2CCCCC5)(C4)C3)cc1. The van der Waals surface area contributed by atoms with Crippen LogP contribution in [-0.2, 0) is 23.8 Å². The zero-order valence-corrected chi connectivity index (χ0v) is 15.7. The maximum Gasteiger partial charge on any atom is 0.139 e. The average Bonchev–Trinajstić information content (AvgIpc) is 2.92. The number of aromatic nitrogens is 3. The van der Waals surface area contributed by atoms with Crippen molar-refractivity contribution in [2.24, 2.45) is 11.8 Å². The van der Waals surface area contributed by atoms with Crippen molar-refractivity contribution in [3.63, 3.8) is 0 Å². The first kappa shape index (κ1) is 15.4. The number of benzene rings is 1. The molecular weight excluding hydrogens is 318 g/mol. The number of aryl methyl sites for hydroxylation is 1. The number of nitrogens with zero attached hydrogens (tertiary/aromatic N) is 3. The lowest BCUT2D eigenvalue weighted by atomic mass is 9.42. The van der Waals surface area contributed by atoms with Crippen LogP contribution < -0.4 is 0 Å². The first-order valence-corrected chi connectivity index (χ1v) is 10.7. The van der Waals surface area contributed by atoms with E-state index in [1.54, 1.807) is 5.56 Å². The largest absolute Gasteiger partial charge is 0.315 e. The molecular formula is C23H29N3. The van der Waals surface area contributed by atoms with Gasteiger partial charge in [0, 0.05) is 18.4 Å². The molecule has 1 aliphatic heterocycles. The Hall–Kier alpha value is -1.64. The van der Waals surface area contributed by atoms with Crippen LogP contribution in [0.1, 0.15) is 75.0 Å². The lowest BCUT2D eigenvalue weighted by Gasteiger charge is -2.62. The Bertz CT molecular complexity index is 807. The summed E-state index contributed by atoms with van der Waals surface area (Å²) >= 11 is 0. The van der Waals surface area contributed by atoms with E-state index in [0.29, 0.717) is 5.41 Å². The molecule has 2 heterocycles. The molecule has 2 atom stereocenters. The molecule has 4 aliphatic carbocycles. The van der Waals surface area contributed by atoms with Gasteiger partial charge < -0.3 is 4.57 Å². The number of fused-ring (bicyclic) bond motifs is 1. The highest BCUT2D eigenvalue weighted by atomic mass is 15.3. The number of rotatable bonds is 2. The van der Waals surface area contributed by atoms with E-state index in [4.69, 9.17) is 5.10 Å². The molecule has 0 N–H and O–H groups in total. The van der Waals surface area contributed by atoms with Crippen LogP contribution >= 0.6 is 0 Å². The molecule has 4 bridgehead atoms. The molecule has 1 aromatic heterocycles. The lowest BCUT2D eigenvalue weighted by Crippen LogP contribution is -2.56. The maximum absolute atomic E-state index is 4.87. The fourth-order valence-electron chi connectivity index (χ4n) is 7.53. The predicted octanol–water partition coefficient (Wildman–Crippen LogP) is 4.79. The van der Waals surface area contributed by atoms with E-state index in [1.807, 2.05) is 0 Å². The van der Waals surface area contributed by atoms with Gasteiger partial charge in [0.25, 0.3) is 0 Å². The molecule has 1 aromatic carbocycles. The molecule has 3 heteroatoms. The van der Waals surface area contributed by atoms with E-state index >= 15 is 0 Å². The summed E-state index contributed by atoms with van der Waals surface area (Å²) in [4.78, 5) is 0. The number of hydrogen-bond acceptors (Lipinski definition) is 2. The third-order valence-electron chi connectivity index (χ3n) is 8.03. The van der Waals surface area contributed by atoms with Gasteiger partial charge in [-0.1, -0.05) is 36.8 Å². The van der Waals surface area contributed by atoms with E-state index in [1.165, 1.54) is 69.4 Å². The molecule has 7 rings (SSSR count). The van der Waals surface area contributed by atoms with Crippen molar-refractivity contribution in [2.75, 3.05) is 0 Å². The smallest absolute Gasteiger partial charge is 0.139 e. The van der Waals surface area contributed by atoms with E-state index in [-0.39, 0.29) is 5.41 Å². The minimum atomic E-state index is 0.287. The van der Waals surface area contributed by atoms with E-state index in [0.717, 1.165) is 24.8 Å². The van der Waals surface area contributed by atoms with Crippen LogP contribution in [0, 0.1) is 11.8 Å². The molecule has 136 valence electrons. The highest BCUT2D eigenvalue weighted by Crippen LogP contribution is 2.66. The second kappa shape index (κ2) is 5.43. The molecule has 0 saturated heterocycles. The predicted molar refractivity (Wildman–Crippen MR) is 102 cm³/mol. The normalized spacial score (nSPS) is 38.2. The van der Waals surface area contributed by atoms with Crippen molar-refractivity contribution in [2.45, 2.75) is 81.6 Å². The second-order valence-corrected chi connectivity index (χ2v) is 9.79. The van der Waals surface area contributed by atoms with Crippen LogP contribution in [0.25, 0.3) is 0 Å². The minimum Gasteiger partial charge on any atom is -0.315 e. The summed E-state index contributed by atoms with van der Waals surface area (Å²) in [5.74, 6) is 4.40. The third-order valence-corrected chi connectivity index (χ3v) is 8.03.